The van der Waals surface area contributed by atoms with Gasteiger partial charge in [-0.15, -0.1) is 0 Å². The van der Waals surface area contributed by atoms with Crippen molar-refractivity contribution in [1.29, 1.82) is 0 Å². The minimum absolute atomic E-state index is 0.0126. The molecular formula is C30H60N2O7. The number of carbonyl (C=O) groups is 1. The highest BCUT2D eigenvalue weighted by atomic mass is 16.5. The minimum Gasteiger partial charge on any atom is -0.392 e. The summed E-state index contributed by atoms with van der Waals surface area (Å²) in [6, 6.07) is -1.34. The molecule has 0 heterocycles. The number of aliphatic hydroxyl groups is 5. The van der Waals surface area contributed by atoms with Gasteiger partial charge in [0.15, 0.2) is 0 Å². The molecule has 2 amide bonds. The Morgan fingerprint density at radius 2 is 1.38 bits per heavy atom. The number of nitrogens with one attached hydrogen (secondary N) is 2. The summed E-state index contributed by atoms with van der Waals surface area (Å²) >= 11 is 0. The number of amides is 2. The molecule has 0 bridgehead atoms. The first-order chi connectivity index (χ1) is 17.5. The first-order valence-electron chi connectivity index (χ1n) is 14.6. The largest absolute Gasteiger partial charge is 0.392 e. The zero-order valence-corrected chi connectivity index (χ0v) is 26.3. The topological polar surface area (TPSA) is 152 Å². The molecule has 39 heavy (non-hydrogen) atoms. The monoisotopic (exact) mass is 560 g/mol. The Morgan fingerprint density at radius 3 is 1.92 bits per heavy atom. The highest BCUT2D eigenvalue weighted by Gasteiger charge is 2.38. The number of aliphatic hydroxyl groups excluding tert-OH is 5. The molecule has 0 radical (unpaired) electrons. The van der Waals surface area contributed by atoms with Crippen LogP contribution in [0.3, 0.4) is 0 Å². The van der Waals surface area contributed by atoms with Gasteiger partial charge in [-0.2, -0.15) is 0 Å². The predicted octanol–water partition coefficient (Wildman–Crippen LogP) is 3.49. The van der Waals surface area contributed by atoms with Crippen molar-refractivity contribution in [2.24, 2.45) is 16.2 Å². The van der Waals surface area contributed by atoms with E-state index in [0.717, 1.165) is 12.8 Å². The number of hydrogen-bond donors (Lipinski definition) is 7. The van der Waals surface area contributed by atoms with Gasteiger partial charge in [0.1, 0.15) is 12.2 Å². The smallest absolute Gasteiger partial charge is 0.315 e. The van der Waals surface area contributed by atoms with E-state index >= 15 is 0 Å². The van der Waals surface area contributed by atoms with Crippen molar-refractivity contribution in [2.75, 3.05) is 6.61 Å². The average Bonchev–Trinajstić information content (AvgIpc) is 2.71. The summed E-state index contributed by atoms with van der Waals surface area (Å²) in [4.78, 5) is 13.1. The zero-order chi connectivity index (χ0) is 30.4. The molecule has 0 aromatic rings. The van der Waals surface area contributed by atoms with Crippen LogP contribution >= 0.6 is 0 Å². The molecule has 1 saturated carbocycles. The Balaban J connectivity index is 3.05. The van der Waals surface area contributed by atoms with Gasteiger partial charge < -0.3 is 40.9 Å². The number of rotatable bonds is 11. The standard InChI is InChI=1S/C30H60N2O7/c1-27(2,3)17-29(7,8)23(35)15-21(34)19(31-26(38)32-30(9,10)18-28(4,5)6)16-39-22-14-12-11-13-20(33)24(36)25(22)37/h19-25,33-37H,11-18H2,1-10H3,(H2,31,32,38). The summed E-state index contributed by atoms with van der Waals surface area (Å²) < 4.78 is 5.99. The van der Waals surface area contributed by atoms with Crippen LogP contribution in [0.25, 0.3) is 0 Å². The van der Waals surface area contributed by atoms with Crippen molar-refractivity contribution in [1.82, 2.24) is 10.6 Å². The maximum Gasteiger partial charge on any atom is 0.315 e. The fraction of sp³-hybridized carbons (Fsp3) is 0.967. The summed E-state index contributed by atoms with van der Waals surface area (Å²) in [5, 5.41) is 59.2. The molecule has 7 N–H and O–H groups in total. The summed E-state index contributed by atoms with van der Waals surface area (Å²) in [5.74, 6) is 0. The molecule has 1 aliphatic carbocycles. The molecule has 9 heteroatoms. The third-order valence-corrected chi connectivity index (χ3v) is 7.41. The number of urea groups is 1. The van der Waals surface area contributed by atoms with Gasteiger partial charge in [0, 0.05) is 12.0 Å². The lowest BCUT2D eigenvalue weighted by molar-refractivity contribution is -0.138. The van der Waals surface area contributed by atoms with E-state index in [-0.39, 0.29) is 23.9 Å². The second kappa shape index (κ2) is 14.3. The first kappa shape index (κ1) is 36.1. The highest BCUT2D eigenvalue weighted by molar-refractivity contribution is 5.75. The predicted molar refractivity (Wildman–Crippen MR) is 154 cm³/mol. The molecule has 9 nitrogen and oxygen atoms in total. The molecular weight excluding hydrogens is 500 g/mol. The van der Waals surface area contributed by atoms with Gasteiger partial charge in [0.25, 0.3) is 0 Å². The lowest BCUT2D eigenvalue weighted by atomic mass is 9.71. The van der Waals surface area contributed by atoms with Crippen LogP contribution in [0.1, 0.15) is 114 Å². The van der Waals surface area contributed by atoms with E-state index in [9.17, 15) is 30.3 Å². The van der Waals surface area contributed by atoms with Crippen molar-refractivity contribution < 1.29 is 35.1 Å². The normalized spacial score (nSPS) is 26.2. The highest BCUT2D eigenvalue weighted by Crippen LogP contribution is 2.37. The molecule has 232 valence electrons. The Morgan fingerprint density at radius 1 is 0.846 bits per heavy atom. The second-order valence-corrected chi connectivity index (χ2v) is 15.6. The number of hydrogen-bond acceptors (Lipinski definition) is 7. The van der Waals surface area contributed by atoms with E-state index in [2.05, 4.69) is 52.2 Å². The Labute approximate surface area is 237 Å². The molecule has 7 atom stereocenters. The molecule has 0 aromatic heterocycles. The van der Waals surface area contributed by atoms with Crippen LogP contribution in [0, 0.1) is 16.2 Å². The average molecular weight is 561 g/mol. The molecule has 1 aliphatic rings. The third kappa shape index (κ3) is 13.5. The molecule has 7 unspecified atom stereocenters. The molecule has 1 fully saturated rings. The van der Waals surface area contributed by atoms with E-state index in [1.165, 1.54) is 0 Å². The van der Waals surface area contributed by atoms with Gasteiger partial charge >= 0.3 is 6.03 Å². The number of ether oxygens (including phenoxy) is 1. The van der Waals surface area contributed by atoms with Crippen LogP contribution in [0.4, 0.5) is 4.79 Å². The Kier molecular flexibility index (Phi) is 13.2. The van der Waals surface area contributed by atoms with Crippen molar-refractivity contribution in [2.45, 2.75) is 162 Å². The number of carbonyl (C=O) groups excluding carboxylic acids is 1. The Bertz CT molecular complexity index is 745. The lowest BCUT2D eigenvalue weighted by Crippen LogP contribution is -2.57. The zero-order valence-electron chi connectivity index (χ0n) is 26.3. The van der Waals surface area contributed by atoms with E-state index < -0.39 is 59.7 Å². The molecule has 0 aromatic carbocycles. The fourth-order valence-corrected chi connectivity index (χ4v) is 6.22. The molecule has 0 spiro atoms. The maximum atomic E-state index is 13.1. The second-order valence-electron chi connectivity index (χ2n) is 15.6. The summed E-state index contributed by atoms with van der Waals surface area (Å²) in [6.45, 7) is 20.3. The molecule has 0 saturated heterocycles. The van der Waals surface area contributed by atoms with Crippen LogP contribution in [0.2, 0.25) is 0 Å². The van der Waals surface area contributed by atoms with Gasteiger partial charge in [-0.25, -0.2) is 4.79 Å². The van der Waals surface area contributed by atoms with Crippen molar-refractivity contribution in [3.63, 3.8) is 0 Å². The van der Waals surface area contributed by atoms with Crippen LogP contribution in [-0.2, 0) is 4.74 Å². The van der Waals surface area contributed by atoms with Crippen molar-refractivity contribution in [3.05, 3.63) is 0 Å². The van der Waals surface area contributed by atoms with E-state index in [4.69, 9.17) is 4.74 Å². The Hall–Kier alpha value is -0.970. The summed E-state index contributed by atoms with van der Waals surface area (Å²) in [5.41, 5.74) is -1.02. The third-order valence-electron chi connectivity index (χ3n) is 7.41. The van der Waals surface area contributed by atoms with Crippen LogP contribution < -0.4 is 10.6 Å². The van der Waals surface area contributed by atoms with Crippen LogP contribution in [0.15, 0.2) is 0 Å². The summed E-state index contributed by atoms with van der Waals surface area (Å²) in [7, 11) is 0. The van der Waals surface area contributed by atoms with Gasteiger partial charge in [-0.05, 0) is 55.8 Å². The van der Waals surface area contributed by atoms with Crippen molar-refractivity contribution >= 4 is 6.03 Å². The van der Waals surface area contributed by atoms with Gasteiger partial charge in [0.05, 0.1) is 37.1 Å². The summed E-state index contributed by atoms with van der Waals surface area (Å²) in [6.07, 6.45) is -2.65. The SMILES string of the molecule is CC(C)(C)CC(C)(C)NC(=O)NC(COC1CCCCC(O)C(O)C1O)C(O)CC(O)C(C)(C)CC(C)(C)C. The first-order valence-corrected chi connectivity index (χ1v) is 14.6. The molecule has 1 rings (SSSR count). The molecule has 0 aliphatic heterocycles. The van der Waals surface area contributed by atoms with E-state index in [0.29, 0.717) is 25.7 Å². The quantitative estimate of drug-likeness (QED) is 0.204. The lowest BCUT2D eigenvalue weighted by Gasteiger charge is -2.39. The van der Waals surface area contributed by atoms with E-state index in [1.807, 2.05) is 27.7 Å². The van der Waals surface area contributed by atoms with Gasteiger partial charge in [0.2, 0.25) is 0 Å². The minimum atomic E-state index is -1.34. The van der Waals surface area contributed by atoms with Crippen LogP contribution in [0.5, 0.6) is 0 Å². The van der Waals surface area contributed by atoms with Gasteiger partial charge in [-0.3, -0.25) is 0 Å². The van der Waals surface area contributed by atoms with Crippen molar-refractivity contribution in [3.8, 4) is 0 Å². The van der Waals surface area contributed by atoms with Crippen LogP contribution in [-0.4, -0.2) is 86.4 Å². The van der Waals surface area contributed by atoms with Gasteiger partial charge in [-0.1, -0.05) is 68.2 Å². The van der Waals surface area contributed by atoms with E-state index in [1.54, 1.807) is 0 Å². The fourth-order valence-electron chi connectivity index (χ4n) is 6.22. The maximum absolute atomic E-state index is 13.1.